The lowest BCUT2D eigenvalue weighted by atomic mass is 10.1. The van der Waals surface area contributed by atoms with Crippen molar-refractivity contribution in [1.29, 1.82) is 0 Å². The van der Waals surface area contributed by atoms with Crippen LogP contribution < -0.4 is 5.73 Å². The van der Waals surface area contributed by atoms with Gasteiger partial charge in [-0.3, -0.25) is 18.6 Å². The number of aliphatic carboxylic acids is 1. The Labute approximate surface area is 382 Å². The van der Waals surface area contributed by atoms with Gasteiger partial charge in [-0.05, 0) is 89.9 Å². The summed E-state index contributed by atoms with van der Waals surface area (Å²) in [5.74, 6) is -1.88. The SMILES string of the molecule is CC/C=C\C/C=C\C/C=C\C/C=C\C/C=C\C/C=C\CCC(=O)OC(COCCCCCCCCCCC/C=C\C/C=C\C/C=C\C/C=C\CC)COP(=O)(O)OCC(N)C(=O)O. The Kier molecular flexibility index (Phi) is 43.7. The highest BCUT2D eigenvalue weighted by atomic mass is 31.2. The number of hydrogen-bond donors (Lipinski definition) is 3. The standard InChI is InChI=1S/C52H84NO9P/c1-3-5-7-9-11-13-15-17-19-21-23-24-25-27-29-31-33-35-37-39-41-43-45-59-46-49(47-60-63(57,58)61-48-50(53)52(55)56)62-51(54)44-42-40-38-36-34-32-30-28-26-22-20-18-16-14-12-10-8-6-4-2/h5-8,11-14,17-20,23-24,26,28,32,34,38,40,49-50H,3-4,9-10,15-16,21-22,25,27,29-31,33,35-37,39,41-48,53H2,1-2H3,(H,55,56)(H,57,58)/b7-5-,8-6-,13-11-,14-12-,19-17-,20-18-,24-23-,28-26-,34-32-,40-38-. The maximum atomic E-state index is 12.6. The minimum atomic E-state index is -4.65. The molecule has 356 valence electrons. The summed E-state index contributed by atoms with van der Waals surface area (Å²) < 4.78 is 33.3. The highest BCUT2D eigenvalue weighted by Gasteiger charge is 2.27. The monoisotopic (exact) mass is 898 g/mol. The number of unbranched alkanes of at least 4 members (excludes halogenated alkanes) is 9. The Morgan fingerprint density at radius 1 is 0.508 bits per heavy atom. The van der Waals surface area contributed by atoms with E-state index in [1.807, 2.05) is 12.2 Å². The number of carboxylic acids is 1. The molecular formula is C52H84NO9P. The van der Waals surface area contributed by atoms with Crippen LogP contribution in [0.25, 0.3) is 0 Å². The topological polar surface area (TPSA) is 155 Å². The Hall–Kier alpha value is -3.63. The predicted octanol–water partition coefficient (Wildman–Crippen LogP) is 13.6. The van der Waals surface area contributed by atoms with Crippen molar-refractivity contribution in [2.45, 2.75) is 167 Å². The number of phosphoric ester groups is 1. The summed E-state index contributed by atoms with van der Waals surface area (Å²) >= 11 is 0. The molecule has 0 amide bonds. The van der Waals surface area contributed by atoms with E-state index < -0.39 is 45.1 Å². The maximum Gasteiger partial charge on any atom is 0.472 e. The number of nitrogens with two attached hydrogens (primary N) is 1. The van der Waals surface area contributed by atoms with Crippen LogP contribution in [0.1, 0.15) is 155 Å². The molecule has 0 aliphatic heterocycles. The molecule has 0 aliphatic carbocycles. The first kappa shape index (κ1) is 59.4. The molecular weight excluding hydrogens is 814 g/mol. The van der Waals surface area contributed by atoms with Gasteiger partial charge in [-0.2, -0.15) is 0 Å². The van der Waals surface area contributed by atoms with Gasteiger partial charge in [0.05, 0.1) is 19.8 Å². The van der Waals surface area contributed by atoms with E-state index in [4.69, 9.17) is 29.4 Å². The zero-order chi connectivity index (χ0) is 46.2. The molecule has 10 nitrogen and oxygen atoms in total. The quantitative estimate of drug-likeness (QED) is 0.0233. The average molecular weight is 898 g/mol. The second-order valence-electron chi connectivity index (χ2n) is 15.1. The van der Waals surface area contributed by atoms with Crippen molar-refractivity contribution in [3.63, 3.8) is 0 Å². The Balaban J connectivity index is 4.34. The molecule has 11 heteroatoms. The van der Waals surface area contributed by atoms with Gasteiger partial charge in [0.15, 0.2) is 0 Å². The molecule has 3 atom stereocenters. The Morgan fingerprint density at radius 3 is 1.30 bits per heavy atom. The van der Waals surface area contributed by atoms with Gasteiger partial charge in [-0.15, -0.1) is 0 Å². The van der Waals surface area contributed by atoms with Crippen LogP contribution in [0.2, 0.25) is 0 Å². The molecule has 0 aromatic rings. The summed E-state index contributed by atoms with van der Waals surface area (Å²) in [7, 11) is -4.65. The molecule has 0 heterocycles. The number of ether oxygens (including phenoxy) is 2. The zero-order valence-electron chi connectivity index (χ0n) is 38.9. The fraction of sp³-hybridized carbons (Fsp3) is 0.577. The zero-order valence-corrected chi connectivity index (χ0v) is 39.8. The number of esters is 1. The summed E-state index contributed by atoms with van der Waals surface area (Å²) in [6.45, 7) is 3.52. The summed E-state index contributed by atoms with van der Waals surface area (Å²) in [5, 5.41) is 8.92. The van der Waals surface area contributed by atoms with E-state index in [2.05, 4.69) is 123 Å². The first-order valence-corrected chi connectivity index (χ1v) is 25.1. The molecule has 0 saturated carbocycles. The number of rotatable bonds is 43. The van der Waals surface area contributed by atoms with E-state index in [9.17, 15) is 19.0 Å². The van der Waals surface area contributed by atoms with E-state index in [1.54, 1.807) is 0 Å². The summed E-state index contributed by atoms with van der Waals surface area (Å²) in [6.07, 6.45) is 64.1. The smallest absolute Gasteiger partial charge is 0.472 e. The molecule has 0 fully saturated rings. The van der Waals surface area contributed by atoms with Crippen LogP contribution in [0.4, 0.5) is 0 Å². The molecule has 0 aliphatic rings. The minimum absolute atomic E-state index is 0.0266. The third kappa shape index (κ3) is 46.2. The van der Waals surface area contributed by atoms with E-state index >= 15 is 0 Å². The van der Waals surface area contributed by atoms with Gasteiger partial charge >= 0.3 is 19.8 Å². The fourth-order valence-electron chi connectivity index (χ4n) is 5.68. The van der Waals surface area contributed by atoms with E-state index in [1.165, 1.54) is 38.5 Å². The third-order valence-electron chi connectivity index (χ3n) is 9.25. The van der Waals surface area contributed by atoms with Crippen molar-refractivity contribution < 1.29 is 42.7 Å². The van der Waals surface area contributed by atoms with Gasteiger partial charge in [0.2, 0.25) is 0 Å². The Morgan fingerprint density at radius 2 is 0.873 bits per heavy atom. The summed E-state index contributed by atoms with van der Waals surface area (Å²) in [4.78, 5) is 33.6. The van der Waals surface area contributed by atoms with Gasteiger partial charge in [0, 0.05) is 13.0 Å². The fourth-order valence-corrected chi connectivity index (χ4v) is 6.46. The first-order chi connectivity index (χ1) is 30.7. The summed E-state index contributed by atoms with van der Waals surface area (Å²) in [5.41, 5.74) is 5.36. The lowest BCUT2D eigenvalue weighted by Crippen LogP contribution is -2.34. The lowest BCUT2D eigenvalue weighted by Gasteiger charge is -2.20. The highest BCUT2D eigenvalue weighted by molar-refractivity contribution is 7.47. The Bertz CT molecular complexity index is 1460. The first-order valence-electron chi connectivity index (χ1n) is 23.6. The maximum absolute atomic E-state index is 12.6. The molecule has 0 bridgehead atoms. The van der Waals surface area contributed by atoms with Gasteiger partial charge in [0.25, 0.3) is 0 Å². The normalized spacial score (nSPS) is 14.9. The van der Waals surface area contributed by atoms with Gasteiger partial charge < -0.3 is 25.2 Å². The van der Waals surface area contributed by atoms with Crippen LogP contribution in [0.5, 0.6) is 0 Å². The number of hydrogen-bond acceptors (Lipinski definition) is 8. The van der Waals surface area contributed by atoms with Crippen LogP contribution in [-0.2, 0) is 32.7 Å². The lowest BCUT2D eigenvalue weighted by molar-refractivity contribution is -0.154. The third-order valence-corrected chi connectivity index (χ3v) is 10.2. The number of carbonyl (C=O) groups is 2. The van der Waals surface area contributed by atoms with Gasteiger partial charge in [0.1, 0.15) is 12.1 Å². The van der Waals surface area contributed by atoms with Crippen molar-refractivity contribution in [2.75, 3.05) is 26.4 Å². The number of allylic oxidation sites excluding steroid dienone is 20. The molecule has 3 unspecified atom stereocenters. The van der Waals surface area contributed by atoms with Crippen LogP contribution in [-0.4, -0.2) is 60.5 Å². The summed E-state index contributed by atoms with van der Waals surface area (Å²) in [6, 6.07) is -1.49. The van der Waals surface area contributed by atoms with E-state index in [0.717, 1.165) is 89.9 Å². The second-order valence-corrected chi connectivity index (χ2v) is 16.6. The largest absolute Gasteiger partial charge is 0.480 e. The van der Waals surface area contributed by atoms with Crippen LogP contribution in [0, 0.1) is 0 Å². The van der Waals surface area contributed by atoms with E-state index in [0.29, 0.717) is 13.0 Å². The van der Waals surface area contributed by atoms with Crippen molar-refractivity contribution in [1.82, 2.24) is 0 Å². The number of carboxylic acid groups (broad SMARTS) is 1. The molecule has 0 saturated heterocycles. The van der Waals surface area contributed by atoms with Crippen molar-refractivity contribution >= 4 is 19.8 Å². The number of phosphoric acid groups is 1. The minimum Gasteiger partial charge on any atom is -0.480 e. The van der Waals surface area contributed by atoms with Gasteiger partial charge in [-0.1, -0.05) is 180 Å². The molecule has 0 spiro atoms. The van der Waals surface area contributed by atoms with Crippen molar-refractivity contribution in [3.8, 4) is 0 Å². The molecule has 4 N–H and O–H groups in total. The molecule has 0 aromatic carbocycles. The molecule has 63 heavy (non-hydrogen) atoms. The van der Waals surface area contributed by atoms with Crippen LogP contribution in [0.3, 0.4) is 0 Å². The van der Waals surface area contributed by atoms with Crippen LogP contribution in [0.15, 0.2) is 122 Å². The number of carbonyl (C=O) groups excluding carboxylic acids is 1. The van der Waals surface area contributed by atoms with Crippen LogP contribution >= 0.6 is 7.82 Å². The molecule has 0 aromatic heterocycles. The van der Waals surface area contributed by atoms with Gasteiger partial charge in [-0.25, -0.2) is 4.57 Å². The predicted molar refractivity (Wildman–Crippen MR) is 262 cm³/mol. The molecule has 0 radical (unpaired) electrons. The van der Waals surface area contributed by atoms with E-state index in [-0.39, 0.29) is 13.0 Å². The highest BCUT2D eigenvalue weighted by Crippen LogP contribution is 2.43. The van der Waals surface area contributed by atoms with Crippen molar-refractivity contribution in [3.05, 3.63) is 122 Å². The molecule has 0 rings (SSSR count). The second kappa shape index (κ2) is 46.4. The average Bonchev–Trinajstić information content (AvgIpc) is 3.26. The van der Waals surface area contributed by atoms with Crippen molar-refractivity contribution in [2.24, 2.45) is 5.73 Å².